The molecule has 0 N–H and O–H groups in total. The van der Waals surface area contributed by atoms with Crippen LogP contribution in [-0.2, 0) is 17.4 Å². The largest absolute Gasteiger partial charge is 0.430 e. The van der Waals surface area contributed by atoms with Crippen LogP contribution >= 0.6 is 7.60 Å². The lowest BCUT2D eigenvalue weighted by molar-refractivity contribution is 0.366. The van der Waals surface area contributed by atoms with Gasteiger partial charge in [-0.2, -0.15) is 0 Å². The Balaban J connectivity index is 1.95. The second-order valence-corrected chi connectivity index (χ2v) is 14.4. The monoisotopic (exact) mass is 598 g/mol. The maximum atomic E-state index is 14.2. The van der Waals surface area contributed by atoms with E-state index in [-0.39, 0.29) is 0 Å². The molecule has 238 valence electrons. The Morgan fingerprint density at radius 2 is 0.905 bits per heavy atom. The normalized spacial score (nSPS) is 12.4. The topological polar surface area (TPSA) is 35.5 Å². The highest BCUT2D eigenvalue weighted by atomic mass is 31.2. The minimum Gasteiger partial charge on any atom is -0.416 e. The molecule has 0 aliphatic carbocycles. The molecule has 0 aliphatic heterocycles. The van der Waals surface area contributed by atoms with Gasteiger partial charge >= 0.3 is 7.60 Å². The van der Waals surface area contributed by atoms with Gasteiger partial charge in [-0.3, -0.25) is 0 Å². The molecular weight excluding hydrogens is 535 g/mol. The van der Waals surface area contributed by atoms with E-state index in [0.717, 1.165) is 38.5 Å². The summed E-state index contributed by atoms with van der Waals surface area (Å²) >= 11 is 0. The average Bonchev–Trinajstić information content (AvgIpc) is 3.00. The molecule has 2 aromatic rings. The van der Waals surface area contributed by atoms with E-state index in [2.05, 4.69) is 52.0 Å². The number of hydrogen-bond donors (Lipinski definition) is 0. The van der Waals surface area contributed by atoms with Crippen LogP contribution in [-0.4, -0.2) is 6.16 Å². The number of rotatable bonds is 26. The molecule has 4 heteroatoms. The fourth-order valence-electron chi connectivity index (χ4n) is 5.65. The summed E-state index contributed by atoms with van der Waals surface area (Å²) in [5.74, 6) is 1.61. The summed E-state index contributed by atoms with van der Waals surface area (Å²) in [5.41, 5.74) is 2.63. The molecule has 0 heterocycles. The summed E-state index contributed by atoms with van der Waals surface area (Å²) in [4.78, 5) is 0. The van der Waals surface area contributed by atoms with Gasteiger partial charge in [-0.1, -0.05) is 148 Å². The van der Waals surface area contributed by atoms with Crippen LogP contribution in [0.3, 0.4) is 0 Å². The van der Waals surface area contributed by atoms with Crippen LogP contribution in [0.2, 0.25) is 0 Å². The van der Waals surface area contributed by atoms with E-state index in [1.807, 2.05) is 24.3 Å². The highest BCUT2D eigenvalue weighted by molar-refractivity contribution is 7.54. The van der Waals surface area contributed by atoms with Crippen molar-refractivity contribution in [3.05, 3.63) is 59.7 Å². The number of benzene rings is 2. The van der Waals surface area contributed by atoms with Gasteiger partial charge in [0, 0.05) is 0 Å². The summed E-state index contributed by atoms with van der Waals surface area (Å²) in [6.45, 7) is 8.92. The first-order valence-electron chi connectivity index (χ1n) is 17.7. The van der Waals surface area contributed by atoms with Crippen LogP contribution in [0.15, 0.2) is 48.5 Å². The second kappa shape index (κ2) is 22.8. The van der Waals surface area contributed by atoms with Gasteiger partial charge in [0.05, 0.1) is 6.16 Å². The van der Waals surface area contributed by atoms with Crippen molar-refractivity contribution in [3.63, 3.8) is 0 Å². The lowest BCUT2D eigenvalue weighted by atomic mass is 10.0. The molecule has 1 atom stereocenters. The van der Waals surface area contributed by atoms with Gasteiger partial charge in [-0.15, -0.1) is 0 Å². The molecule has 0 aromatic heterocycles. The zero-order valence-corrected chi connectivity index (χ0v) is 28.6. The lowest BCUT2D eigenvalue weighted by Crippen LogP contribution is -2.13. The summed E-state index contributed by atoms with van der Waals surface area (Å²) in [5, 5.41) is 0. The van der Waals surface area contributed by atoms with Crippen LogP contribution in [0.5, 0.6) is 11.5 Å². The van der Waals surface area contributed by atoms with Gasteiger partial charge in [0.25, 0.3) is 0 Å². The minimum absolute atomic E-state index is 0.323. The molecule has 0 saturated carbocycles. The zero-order chi connectivity index (χ0) is 30.3. The van der Waals surface area contributed by atoms with Gasteiger partial charge in [0.1, 0.15) is 11.5 Å². The molecule has 0 spiro atoms. The molecule has 0 saturated heterocycles. The Labute approximate surface area is 260 Å². The first kappa shape index (κ1) is 36.5. The van der Waals surface area contributed by atoms with Gasteiger partial charge < -0.3 is 9.05 Å². The molecule has 0 radical (unpaired) electrons. The van der Waals surface area contributed by atoms with E-state index in [0.29, 0.717) is 23.6 Å². The smallest absolute Gasteiger partial charge is 0.416 e. The molecular formula is C38H63O3P. The zero-order valence-electron chi connectivity index (χ0n) is 27.7. The first-order chi connectivity index (χ1) is 20.5. The predicted octanol–water partition coefficient (Wildman–Crippen LogP) is 13.1. The molecule has 0 aliphatic rings. The van der Waals surface area contributed by atoms with Crippen molar-refractivity contribution in [1.29, 1.82) is 0 Å². The summed E-state index contributed by atoms with van der Waals surface area (Å²) in [6, 6.07) is 16.4. The van der Waals surface area contributed by atoms with Crippen LogP contribution in [0.25, 0.3) is 0 Å². The van der Waals surface area contributed by atoms with E-state index in [1.165, 1.54) is 101 Å². The molecule has 2 rings (SSSR count). The lowest BCUT2D eigenvalue weighted by Gasteiger charge is -2.24. The van der Waals surface area contributed by atoms with E-state index < -0.39 is 7.60 Å². The SMILES string of the molecule is CCCCCCCCCc1ccc(OP(=O)(CC(CC)CCCC)Oc2ccc(CCCCCCCCC)cc2)cc1. The Morgan fingerprint density at radius 3 is 1.29 bits per heavy atom. The van der Waals surface area contributed by atoms with Crippen molar-refractivity contribution in [2.24, 2.45) is 5.92 Å². The molecule has 2 aromatic carbocycles. The molecule has 42 heavy (non-hydrogen) atoms. The maximum absolute atomic E-state index is 14.2. The maximum Gasteiger partial charge on any atom is 0.430 e. The third-order valence-corrected chi connectivity index (χ3v) is 10.4. The first-order valence-corrected chi connectivity index (χ1v) is 19.4. The highest BCUT2D eigenvalue weighted by Gasteiger charge is 2.31. The fourth-order valence-corrected chi connectivity index (χ4v) is 7.80. The Morgan fingerprint density at radius 1 is 0.524 bits per heavy atom. The summed E-state index contributed by atoms with van der Waals surface area (Å²) in [6.07, 6.45) is 25.4. The summed E-state index contributed by atoms with van der Waals surface area (Å²) < 4.78 is 26.7. The standard InChI is InChI=1S/C38H63O3P/c1-5-9-12-14-16-18-20-23-35-25-29-37(30-26-35)40-42(39,33-34(8-4)22-11-7-3)41-38-31-27-36(28-32-38)24-21-19-17-15-13-10-6-2/h25-32,34H,5-24,33H2,1-4H3. The minimum atomic E-state index is -3.39. The van der Waals surface area contributed by atoms with E-state index in [4.69, 9.17) is 9.05 Å². The molecule has 3 nitrogen and oxygen atoms in total. The van der Waals surface area contributed by atoms with E-state index in [1.54, 1.807) is 0 Å². The van der Waals surface area contributed by atoms with Crippen molar-refractivity contribution in [2.75, 3.05) is 6.16 Å². The van der Waals surface area contributed by atoms with Gasteiger partial charge in [-0.25, -0.2) is 4.57 Å². The van der Waals surface area contributed by atoms with Crippen molar-refractivity contribution >= 4 is 7.60 Å². The summed E-state index contributed by atoms with van der Waals surface area (Å²) in [7, 11) is -3.39. The average molecular weight is 599 g/mol. The third-order valence-electron chi connectivity index (χ3n) is 8.50. The highest BCUT2D eigenvalue weighted by Crippen LogP contribution is 2.51. The van der Waals surface area contributed by atoms with E-state index >= 15 is 0 Å². The third kappa shape index (κ3) is 16.2. The molecule has 0 bridgehead atoms. The quantitative estimate of drug-likeness (QED) is 0.0798. The predicted molar refractivity (Wildman–Crippen MR) is 183 cm³/mol. The Bertz CT molecular complexity index is 886. The Hall–Kier alpha value is -1.73. The molecule has 1 unspecified atom stereocenters. The van der Waals surface area contributed by atoms with Gasteiger partial charge in [0.2, 0.25) is 0 Å². The molecule has 0 fully saturated rings. The molecule has 0 amide bonds. The number of aryl methyl sites for hydroxylation is 2. The fraction of sp³-hybridized carbons (Fsp3) is 0.684. The Kier molecular flexibility index (Phi) is 19.8. The van der Waals surface area contributed by atoms with Gasteiger partial charge in [-0.05, 0) is 73.4 Å². The van der Waals surface area contributed by atoms with Crippen molar-refractivity contribution in [3.8, 4) is 11.5 Å². The van der Waals surface area contributed by atoms with Gasteiger partial charge in [0.15, 0.2) is 0 Å². The van der Waals surface area contributed by atoms with Crippen molar-refractivity contribution in [2.45, 2.75) is 156 Å². The van der Waals surface area contributed by atoms with Crippen LogP contribution in [0.1, 0.15) is 154 Å². The van der Waals surface area contributed by atoms with Crippen LogP contribution in [0.4, 0.5) is 0 Å². The number of hydrogen-bond acceptors (Lipinski definition) is 3. The van der Waals surface area contributed by atoms with Crippen LogP contribution in [0, 0.1) is 5.92 Å². The van der Waals surface area contributed by atoms with Crippen LogP contribution < -0.4 is 9.05 Å². The van der Waals surface area contributed by atoms with Crippen molar-refractivity contribution < 1.29 is 13.6 Å². The second-order valence-electron chi connectivity index (χ2n) is 12.4. The number of unbranched alkanes of at least 4 members (excludes halogenated alkanes) is 13. The van der Waals surface area contributed by atoms with Crippen molar-refractivity contribution in [1.82, 2.24) is 0 Å². The van der Waals surface area contributed by atoms with E-state index in [9.17, 15) is 4.57 Å².